The van der Waals surface area contributed by atoms with E-state index in [1.54, 1.807) is 57.5 Å². The molecule has 20 heteroatoms. The number of hydrogen-bond donors (Lipinski definition) is 3. The summed E-state index contributed by atoms with van der Waals surface area (Å²) in [6, 6.07) is 11.0. The monoisotopic (exact) mass is 951 g/mol. The van der Waals surface area contributed by atoms with Crippen molar-refractivity contribution < 1.29 is 42.4 Å². The van der Waals surface area contributed by atoms with Gasteiger partial charge in [-0.25, -0.2) is 24.5 Å². The number of allylic oxidation sites excluding steroid dienone is 1. The van der Waals surface area contributed by atoms with Crippen molar-refractivity contribution in [3.8, 4) is 23.0 Å². The molecular formula is C40H43Br2N9O9. The van der Waals surface area contributed by atoms with Crippen molar-refractivity contribution in [3.63, 3.8) is 0 Å². The maximum Gasteiger partial charge on any atom is 0.360 e. The number of carbonyl (C=O) groups is 3. The minimum Gasteiger partial charge on any atom is -0.495 e. The molecule has 18 nitrogen and oxygen atoms in total. The SMILES string of the molecule is CCOC(=O)c1noc2c1CC/C(=C\N(C)C)C2=O.CCOC(=O)c1noc2c1CCc1cnc(Nc3ccc(Br)cc3OC)nc1-2.COc1cc(Br)ccc1N=C(N)N. The van der Waals surface area contributed by atoms with E-state index in [9.17, 15) is 14.4 Å². The first kappa shape index (κ1) is 44.8. The number of hydrogen-bond acceptors (Lipinski definition) is 16. The zero-order valence-corrected chi connectivity index (χ0v) is 36.8. The highest BCUT2D eigenvalue weighted by molar-refractivity contribution is 9.10. The van der Waals surface area contributed by atoms with E-state index in [0.717, 1.165) is 25.8 Å². The Kier molecular flexibility index (Phi) is 15.4. The summed E-state index contributed by atoms with van der Waals surface area (Å²) >= 11 is 6.73. The number of guanidine groups is 1. The molecule has 3 heterocycles. The van der Waals surface area contributed by atoms with Gasteiger partial charge in [0.15, 0.2) is 23.1 Å². The van der Waals surface area contributed by atoms with Gasteiger partial charge in [0.25, 0.3) is 0 Å². The summed E-state index contributed by atoms with van der Waals surface area (Å²) in [7, 11) is 6.85. The fourth-order valence-corrected chi connectivity index (χ4v) is 6.68. The molecule has 0 amide bonds. The number of rotatable bonds is 10. The van der Waals surface area contributed by atoms with Crippen LogP contribution in [0.15, 0.2) is 77.4 Å². The van der Waals surface area contributed by atoms with Gasteiger partial charge in [0, 0.05) is 57.7 Å². The summed E-state index contributed by atoms with van der Waals surface area (Å²) in [5.41, 5.74) is 15.7. The fourth-order valence-electron chi connectivity index (χ4n) is 6.00. The number of nitrogens with two attached hydrogens (primary N) is 2. The molecule has 5 N–H and O–H groups in total. The highest BCUT2D eigenvalue weighted by Crippen LogP contribution is 2.36. The van der Waals surface area contributed by atoms with Crippen LogP contribution in [0.5, 0.6) is 11.5 Å². The standard InChI is InChI=1S/C19H17BrN4O4.C13H16N2O4.C8H10BrN3O/c1-3-27-18(25)16-12-6-4-10-9-21-19(23-15(10)17(12)28-24-16)22-13-7-5-11(20)8-14(13)26-2;1-4-18-13(17)10-9-6-5-8(7-15(2)3)11(16)12(9)19-14-10;1-13-7-4-5(9)2-3-6(7)12-8(10)11/h5,7-9H,3-4,6H2,1-2H3,(H,21,22,23);7H,4-6H2,1-3H3;2-4H,1H3,(H4,10,11,12)/b;8-7+;. The van der Waals surface area contributed by atoms with E-state index in [4.69, 9.17) is 39.5 Å². The zero-order chi connectivity index (χ0) is 43.5. The van der Waals surface area contributed by atoms with Crippen LogP contribution in [-0.4, -0.2) is 90.4 Å². The van der Waals surface area contributed by atoms with Crippen molar-refractivity contribution in [1.82, 2.24) is 25.2 Å². The molecule has 316 valence electrons. The van der Waals surface area contributed by atoms with Crippen LogP contribution < -0.4 is 26.3 Å². The summed E-state index contributed by atoms with van der Waals surface area (Å²) < 4.78 is 32.7. The first-order chi connectivity index (χ1) is 28.8. The summed E-state index contributed by atoms with van der Waals surface area (Å²) in [5, 5.41) is 10.7. The predicted octanol–water partition coefficient (Wildman–Crippen LogP) is 6.71. The fraction of sp³-hybridized carbons (Fsp3) is 0.300. The number of esters is 2. The Balaban J connectivity index is 0.000000185. The van der Waals surface area contributed by atoms with Gasteiger partial charge in [0.2, 0.25) is 17.5 Å². The zero-order valence-electron chi connectivity index (χ0n) is 33.6. The lowest BCUT2D eigenvalue weighted by molar-refractivity contribution is 0.0503. The van der Waals surface area contributed by atoms with Gasteiger partial charge in [0.1, 0.15) is 22.9 Å². The van der Waals surface area contributed by atoms with Gasteiger partial charge >= 0.3 is 11.9 Å². The molecule has 0 saturated heterocycles. The summed E-state index contributed by atoms with van der Waals surface area (Å²) in [4.78, 5) is 50.6. The van der Waals surface area contributed by atoms with Crippen LogP contribution in [0, 0.1) is 0 Å². The number of aliphatic imine (C=N–C) groups is 1. The highest BCUT2D eigenvalue weighted by Gasteiger charge is 2.33. The largest absolute Gasteiger partial charge is 0.495 e. The normalized spacial score (nSPS) is 12.9. The van der Waals surface area contributed by atoms with E-state index in [1.807, 2.05) is 38.4 Å². The first-order valence-electron chi connectivity index (χ1n) is 18.4. The first-order valence-corrected chi connectivity index (χ1v) is 20.0. The summed E-state index contributed by atoms with van der Waals surface area (Å²) in [6.07, 6.45) is 5.95. The van der Waals surface area contributed by atoms with Crippen LogP contribution in [0.4, 0.5) is 17.3 Å². The molecule has 0 saturated carbocycles. The number of ether oxygens (including phenoxy) is 4. The third-order valence-corrected chi connectivity index (χ3v) is 9.58. The quantitative estimate of drug-likeness (QED) is 0.0570. The lowest BCUT2D eigenvalue weighted by Gasteiger charge is -2.15. The number of nitrogens with zero attached hydrogens (tertiary/aromatic N) is 6. The number of halogens is 2. The molecule has 0 atom stereocenters. The van der Waals surface area contributed by atoms with Gasteiger partial charge in [-0.2, -0.15) is 0 Å². The van der Waals surface area contributed by atoms with Crippen molar-refractivity contribution >= 4 is 72.9 Å². The van der Waals surface area contributed by atoms with Gasteiger partial charge in [-0.05, 0) is 75.9 Å². The molecule has 7 rings (SSSR count). The van der Waals surface area contributed by atoms with Crippen LogP contribution in [0.3, 0.4) is 0 Å². The van der Waals surface area contributed by atoms with Gasteiger partial charge in [-0.15, -0.1) is 0 Å². The second kappa shape index (κ2) is 20.6. The molecule has 3 aromatic heterocycles. The molecule has 60 heavy (non-hydrogen) atoms. The third kappa shape index (κ3) is 10.9. The summed E-state index contributed by atoms with van der Waals surface area (Å²) in [6.45, 7) is 4.01. The number of carbonyl (C=O) groups excluding carboxylic acids is 3. The van der Waals surface area contributed by atoms with Crippen LogP contribution in [-0.2, 0) is 28.7 Å². The van der Waals surface area contributed by atoms with Crippen LogP contribution >= 0.6 is 31.9 Å². The number of anilines is 2. The van der Waals surface area contributed by atoms with Crippen LogP contribution in [0.1, 0.15) is 68.5 Å². The number of aryl methyl sites for hydroxylation is 1. The molecule has 0 unspecified atom stereocenters. The van der Waals surface area contributed by atoms with Gasteiger partial charge in [0.05, 0.1) is 33.1 Å². The lowest BCUT2D eigenvalue weighted by Crippen LogP contribution is -2.21. The maximum absolute atomic E-state index is 12.2. The minimum atomic E-state index is -0.541. The number of fused-ring (bicyclic) bond motifs is 4. The van der Waals surface area contributed by atoms with Gasteiger partial charge in [-0.3, -0.25) is 4.79 Å². The Morgan fingerprint density at radius 3 is 2.05 bits per heavy atom. The van der Waals surface area contributed by atoms with Crippen LogP contribution in [0.25, 0.3) is 11.5 Å². The lowest BCUT2D eigenvalue weighted by atomic mass is 9.91. The maximum atomic E-state index is 12.2. The Morgan fingerprint density at radius 1 is 0.867 bits per heavy atom. The molecular weight excluding hydrogens is 910 g/mol. The van der Waals surface area contributed by atoms with Crippen LogP contribution in [0.2, 0.25) is 0 Å². The topological polar surface area (TPSA) is 246 Å². The Morgan fingerprint density at radius 2 is 1.45 bits per heavy atom. The Labute approximate surface area is 361 Å². The second-order valence-electron chi connectivity index (χ2n) is 13.0. The number of Topliss-reactive ketones (excluding diaryl/α,β-unsaturated/α-hetero) is 1. The Bertz CT molecular complexity index is 2420. The number of methoxy groups -OCH3 is 2. The van der Waals surface area contributed by atoms with Crippen molar-refractivity contribution in [2.75, 3.05) is 46.8 Å². The van der Waals surface area contributed by atoms with E-state index in [1.165, 1.54) is 0 Å². The van der Waals surface area contributed by atoms with E-state index in [2.05, 4.69) is 62.5 Å². The molecule has 5 aromatic rings. The predicted molar refractivity (Wildman–Crippen MR) is 228 cm³/mol. The number of benzene rings is 2. The minimum absolute atomic E-state index is 0.0145. The van der Waals surface area contributed by atoms with Crippen molar-refractivity contribution in [2.24, 2.45) is 16.5 Å². The van der Waals surface area contributed by atoms with E-state index in [0.29, 0.717) is 71.4 Å². The van der Waals surface area contributed by atoms with Gasteiger partial charge < -0.3 is 49.7 Å². The van der Waals surface area contributed by atoms with Crippen molar-refractivity contribution in [3.05, 3.63) is 97.2 Å². The number of ketones is 1. The molecule has 0 fully saturated rings. The van der Waals surface area contributed by atoms with E-state index >= 15 is 0 Å². The number of aromatic nitrogens is 4. The summed E-state index contributed by atoms with van der Waals surface area (Å²) in [5.74, 6) is 1.09. The molecule has 0 bridgehead atoms. The third-order valence-electron chi connectivity index (χ3n) is 8.60. The van der Waals surface area contributed by atoms with E-state index < -0.39 is 11.9 Å². The molecule has 2 aliphatic rings. The van der Waals surface area contributed by atoms with Gasteiger partial charge in [-0.1, -0.05) is 42.2 Å². The second-order valence-corrected chi connectivity index (χ2v) is 14.8. The Hall–Kier alpha value is -6.28. The number of nitrogens with one attached hydrogen (secondary N) is 1. The smallest absolute Gasteiger partial charge is 0.360 e. The highest BCUT2D eigenvalue weighted by atomic mass is 79.9. The average molecular weight is 954 g/mol. The van der Waals surface area contributed by atoms with Crippen molar-refractivity contribution in [1.29, 1.82) is 0 Å². The molecule has 2 aromatic carbocycles. The molecule has 2 aliphatic carbocycles. The molecule has 0 radical (unpaired) electrons. The average Bonchev–Trinajstić information content (AvgIpc) is 3.87. The van der Waals surface area contributed by atoms with E-state index in [-0.39, 0.29) is 42.1 Å². The molecule has 0 spiro atoms. The molecule has 0 aliphatic heterocycles. The van der Waals surface area contributed by atoms with Crippen molar-refractivity contribution in [2.45, 2.75) is 39.5 Å².